The van der Waals surface area contributed by atoms with Gasteiger partial charge in [0.2, 0.25) is 5.91 Å². The number of halogens is 1. The lowest BCUT2D eigenvalue weighted by Gasteiger charge is -2.06. The van der Waals surface area contributed by atoms with Crippen LogP contribution in [0.2, 0.25) is 5.02 Å². The molecule has 0 atom stereocenters. The van der Waals surface area contributed by atoms with Crippen molar-refractivity contribution in [2.24, 2.45) is 0 Å². The van der Waals surface area contributed by atoms with Gasteiger partial charge >= 0.3 is 0 Å². The molecule has 0 bridgehead atoms. The third-order valence-electron chi connectivity index (χ3n) is 2.27. The number of carbonyl (C=O) groups excluding carboxylic acids is 1. The summed E-state index contributed by atoms with van der Waals surface area (Å²) in [6, 6.07) is 7.33. The SMILES string of the molecule is Nc1cnn(CC(=O)NCc2ccccc2Cl)n1. The molecule has 2 aromatic rings. The van der Waals surface area contributed by atoms with Crippen molar-refractivity contribution >= 4 is 23.3 Å². The summed E-state index contributed by atoms with van der Waals surface area (Å²) in [5.74, 6) is 0.0828. The lowest BCUT2D eigenvalue weighted by Crippen LogP contribution is -2.28. The summed E-state index contributed by atoms with van der Waals surface area (Å²) in [6.45, 7) is 0.400. The van der Waals surface area contributed by atoms with Gasteiger partial charge in [0.05, 0.1) is 6.20 Å². The molecule has 94 valence electrons. The molecule has 18 heavy (non-hydrogen) atoms. The number of nitrogens with two attached hydrogens (primary N) is 1. The number of nitrogens with zero attached hydrogens (tertiary/aromatic N) is 3. The first kappa shape index (κ1) is 12.4. The molecule has 1 aromatic heterocycles. The molecule has 0 aliphatic carbocycles. The first-order valence-corrected chi connectivity index (χ1v) is 5.68. The highest BCUT2D eigenvalue weighted by molar-refractivity contribution is 6.31. The number of benzene rings is 1. The van der Waals surface area contributed by atoms with E-state index in [0.29, 0.717) is 11.6 Å². The van der Waals surface area contributed by atoms with E-state index in [4.69, 9.17) is 17.3 Å². The number of aromatic nitrogens is 3. The van der Waals surface area contributed by atoms with Gasteiger partial charge in [-0.1, -0.05) is 29.8 Å². The van der Waals surface area contributed by atoms with Gasteiger partial charge in [0.1, 0.15) is 6.54 Å². The third kappa shape index (κ3) is 3.21. The molecule has 2 rings (SSSR count). The van der Waals surface area contributed by atoms with Crippen molar-refractivity contribution in [1.82, 2.24) is 20.3 Å². The summed E-state index contributed by atoms with van der Waals surface area (Å²) in [5.41, 5.74) is 6.26. The summed E-state index contributed by atoms with van der Waals surface area (Å²) in [7, 11) is 0. The fraction of sp³-hybridized carbons (Fsp3) is 0.182. The quantitative estimate of drug-likeness (QED) is 0.857. The number of hydrogen-bond acceptors (Lipinski definition) is 4. The molecule has 3 N–H and O–H groups in total. The van der Waals surface area contributed by atoms with Crippen LogP contribution in [0.15, 0.2) is 30.5 Å². The minimum atomic E-state index is -0.203. The highest BCUT2D eigenvalue weighted by atomic mass is 35.5. The highest BCUT2D eigenvalue weighted by Crippen LogP contribution is 2.14. The number of amides is 1. The molecule has 0 saturated heterocycles. The van der Waals surface area contributed by atoms with Gasteiger partial charge in [-0.05, 0) is 11.6 Å². The van der Waals surface area contributed by atoms with Gasteiger partial charge in [0, 0.05) is 11.6 Å². The highest BCUT2D eigenvalue weighted by Gasteiger charge is 2.06. The lowest BCUT2D eigenvalue weighted by atomic mass is 10.2. The van der Waals surface area contributed by atoms with Crippen LogP contribution in [0.1, 0.15) is 5.56 Å². The molecular formula is C11H12ClN5O. The van der Waals surface area contributed by atoms with Crippen LogP contribution in [-0.2, 0) is 17.9 Å². The van der Waals surface area contributed by atoms with Gasteiger partial charge in [-0.15, -0.1) is 5.10 Å². The number of anilines is 1. The molecule has 1 amide bonds. The zero-order valence-electron chi connectivity index (χ0n) is 9.51. The molecule has 0 unspecified atom stereocenters. The predicted molar refractivity (Wildman–Crippen MR) is 67.7 cm³/mol. The minimum Gasteiger partial charge on any atom is -0.381 e. The van der Waals surface area contributed by atoms with E-state index >= 15 is 0 Å². The zero-order valence-corrected chi connectivity index (χ0v) is 10.3. The van der Waals surface area contributed by atoms with E-state index in [1.165, 1.54) is 11.0 Å². The summed E-state index contributed by atoms with van der Waals surface area (Å²) >= 11 is 5.97. The number of nitrogen functional groups attached to an aromatic ring is 1. The molecule has 0 fully saturated rings. The molecule has 0 radical (unpaired) electrons. The second-order valence-corrected chi connectivity index (χ2v) is 4.08. The molecular weight excluding hydrogens is 254 g/mol. The van der Waals surface area contributed by atoms with E-state index in [2.05, 4.69) is 15.5 Å². The zero-order chi connectivity index (χ0) is 13.0. The molecule has 6 nitrogen and oxygen atoms in total. The second kappa shape index (κ2) is 5.50. The Morgan fingerprint density at radius 2 is 2.22 bits per heavy atom. The van der Waals surface area contributed by atoms with Crippen molar-refractivity contribution < 1.29 is 4.79 Å². The first-order valence-electron chi connectivity index (χ1n) is 5.31. The third-order valence-corrected chi connectivity index (χ3v) is 2.64. The Bertz CT molecular complexity index is 554. The van der Waals surface area contributed by atoms with Crippen LogP contribution < -0.4 is 11.1 Å². The molecule has 0 aliphatic heterocycles. The van der Waals surface area contributed by atoms with Crippen LogP contribution in [0.4, 0.5) is 5.82 Å². The van der Waals surface area contributed by atoms with E-state index in [9.17, 15) is 4.79 Å². The molecule has 1 aromatic carbocycles. The Morgan fingerprint density at radius 3 is 2.89 bits per heavy atom. The average Bonchev–Trinajstić information content (AvgIpc) is 2.74. The molecule has 7 heteroatoms. The van der Waals surface area contributed by atoms with Crippen LogP contribution in [0, 0.1) is 0 Å². The van der Waals surface area contributed by atoms with Crippen LogP contribution in [0.5, 0.6) is 0 Å². The van der Waals surface area contributed by atoms with Crippen LogP contribution in [0.25, 0.3) is 0 Å². The van der Waals surface area contributed by atoms with Gasteiger partial charge in [0.15, 0.2) is 5.82 Å². The van der Waals surface area contributed by atoms with Crippen molar-refractivity contribution in [3.63, 3.8) is 0 Å². The van der Waals surface area contributed by atoms with Crippen LogP contribution in [0.3, 0.4) is 0 Å². The smallest absolute Gasteiger partial charge is 0.243 e. The number of hydrogen-bond donors (Lipinski definition) is 2. The van der Waals surface area contributed by atoms with Gasteiger partial charge < -0.3 is 11.1 Å². The summed E-state index contributed by atoms with van der Waals surface area (Å²) in [6.07, 6.45) is 1.39. The molecule has 0 saturated carbocycles. The van der Waals surface area contributed by atoms with Crippen molar-refractivity contribution in [1.29, 1.82) is 0 Å². The Labute approximate surface area is 109 Å². The monoisotopic (exact) mass is 265 g/mol. The van der Waals surface area contributed by atoms with Gasteiger partial charge in [-0.25, -0.2) is 0 Å². The van der Waals surface area contributed by atoms with E-state index < -0.39 is 0 Å². The van der Waals surface area contributed by atoms with E-state index in [-0.39, 0.29) is 18.3 Å². The van der Waals surface area contributed by atoms with Crippen molar-refractivity contribution in [3.05, 3.63) is 41.0 Å². The van der Waals surface area contributed by atoms with E-state index in [1.807, 2.05) is 18.2 Å². The predicted octanol–water partition coefficient (Wildman–Crippen LogP) is 0.830. The summed E-state index contributed by atoms with van der Waals surface area (Å²) in [4.78, 5) is 12.8. The van der Waals surface area contributed by atoms with Gasteiger partial charge in [0.25, 0.3) is 0 Å². The Morgan fingerprint density at radius 1 is 1.44 bits per heavy atom. The minimum absolute atomic E-state index is 0.0294. The van der Waals surface area contributed by atoms with Crippen molar-refractivity contribution in [2.75, 3.05) is 5.73 Å². The number of carbonyl (C=O) groups is 1. The van der Waals surface area contributed by atoms with Crippen LogP contribution >= 0.6 is 11.6 Å². The normalized spacial score (nSPS) is 10.3. The first-order chi connectivity index (χ1) is 8.65. The van der Waals surface area contributed by atoms with E-state index in [0.717, 1.165) is 5.56 Å². The second-order valence-electron chi connectivity index (χ2n) is 3.67. The van der Waals surface area contributed by atoms with Gasteiger partial charge in [-0.3, -0.25) is 4.79 Å². The molecule has 1 heterocycles. The number of nitrogens with one attached hydrogen (secondary N) is 1. The van der Waals surface area contributed by atoms with Crippen LogP contribution in [-0.4, -0.2) is 20.9 Å². The fourth-order valence-corrected chi connectivity index (χ4v) is 1.61. The number of rotatable bonds is 4. The summed E-state index contributed by atoms with van der Waals surface area (Å²) in [5, 5.41) is 11.0. The van der Waals surface area contributed by atoms with E-state index in [1.54, 1.807) is 6.07 Å². The van der Waals surface area contributed by atoms with Crippen molar-refractivity contribution in [2.45, 2.75) is 13.1 Å². The lowest BCUT2D eigenvalue weighted by molar-refractivity contribution is -0.122. The maximum atomic E-state index is 11.6. The Hall–Kier alpha value is -2.08. The maximum absolute atomic E-state index is 11.6. The standard InChI is InChI=1S/C11H12ClN5O/c12-9-4-2-1-3-8(9)5-14-11(18)7-17-15-6-10(13)16-17/h1-4,6H,5,7H2,(H2,13,16)(H,14,18). The largest absolute Gasteiger partial charge is 0.381 e. The Kier molecular flexibility index (Phi) is 3.78. The Balaban J connectivity index is 1.87. The molecule has 0 spiro atoms. The average molecular weight is 266 g/mol. The fourth-order valence-electron chi connectivity index (χ4n) is 1.41. The molecule has 0 aliphatic rings. The topological polar surface area (TPSA) is 85.8 Å². The van der Waals surface area contributed by atoms with Crippen molar-refractivity contribution in [3.8, 4) is 0 Å². The summed E-state index contributed by atoms with van der Waals surface area (Å²) < 4.78 is 0. The van der Waals surface area contributed by atoms with Gasteiger partial charge in [-0.2, -0.15) is 9.90 Å². The maximum Gasteiger partial charge on any atom is 0.243 e.